The van der Waals surface area contributed by atoms with Crippen molar-refractivity contribution >= 4 is 31.9 Å². The molecule has 2 unspecified atom stereocenters. The Balaban J connectivity index is 2.67. The summed E-state index contributed by atoms with van der Waals surface area (Å²) in [5.74, 6) is 2.38. The third-order valence-corrected chi connectivity index (χ3v) is 3.55. The minimum atomic E-state index is 0.501. The van der Waals surface area contributed by atoms with Crippen molar-refractivity contribution in [3.05, 3.63) is 9.47 Å². The first-order chi connectivity index (χ1) is 5.37. The maximum Gasteiger partial charge on any atom is 0.0567 e. The van der Waals surface area contributed by atoms with Crippen LogP contribution in [-0.4, -0.2) is 0 Å². The van der Waals surface area contributed by atoms with Crippen LogP contribution in [-0.2, 0) is 0 Å². The van der Waals surface area contributed by atoms with Crippen molar-refractivity contribution in [1.82, 2.24) is 0 Å². The smallest absolute Gasteiger partial charge is 0.0567 e. The lowest BCUT2D eigenvalue weighted by atomic mass is 10.0. The van der Waals surface area contributed by atoms with E-state index in [-0.39, 0.29) is 0 Å². The minimum absolute atomic E-state index is 0.501. The van der Waals surface area contributed by atoms with Gasteiger partial charge >= 0.3 is 0 Å². The Morgan fingerprint density at radius 2 is 1.83 bits per heavy atom. The lowest BCUT2D eigenvalue weighted by Crippen LogP contribution is -1.96. The van der Waals surface area contributed by atoms with Crippen molar-refractivity contribution in [2.24, 2.45) is 23.2 Å². The predicted octanol–water partition coefficient (Wildman–Crippen LogP) is 4.55. The Hall–Kier alpha value is 0.700. The molecule has 1 aliphatic rings. The summed E-state index contributed by atoms with van der Waals surface area (Å²) in [6, 6.07) is 0. The molecule has 70 valence electrons. The number of halogens is 2. The number of hydrogen-bond donors (Lipinski definition) is 0. The molecule has 0 saturated heterocycles. The van der Waals surface area contributed by atoms with Crippen molar-refractivity contribution in [2.75, 3.05) is 0 Å². The average Bonchev–Trinajstić information content (AvgIpc) is 2.32. The molecule has 12 heavy (non-hydrogen) atoms. The van der Waals surface area contributed by atoms with E-state index >= 15 is 0 Å². The highest BCUT2D eigenvalue weighted by Gasteiger charge is 2.57. The Bertz CT molecular complexity index is 200. The van der Waals surface area contributed by atoms with E-state index in [1.165, 1.54) is 0 Å². The molecule has 0 nitrogen and oxygen atoms in total. The van der Waals surface area contributed by atoms with Crippen molar-refractivity contribution in [3.8, 4) is 0 Å². The maximum atomic E-state index is 3.42. The van der Waals surface area contributed by atoms with Crippen molar-refractivity contribution < 1.29 is 0 Å². The first-order valence-electron chi connectivity index (χ1n) is 4.40. The summed E-state index contributed by atoms with van der Waals surface area (Å²) >= 11 is 6.84. The second-order valence-electron chi connectivity index (χ2n) is 4.57. The van der Waals surface area contributed by atoms with Crippen LogP contribution in [0, 0.1) is 23.2 Å². The molecule has 0 aromatic rings. The minimum Gasteiger partial charge on any atom is -0.0625 e. The van der Waals surface area contributed by atoms with Crippen LogP contribution in [0.5, 0.6) is 0 Å². The highest BCUT2D eigenvalue weighted by Crippen LogP contribution is 2.62. The number of allylic oxidation sites excluding steroid dienone is 1. The molecular formula is C10H16Br2. The highest BCUT2D eigenvalue weighted by atomic mass is 79.9. The summed E-state index contributed by atoms with van der Waals surface area (Å²) in [6.07, 6.45) is 2.28. The summed E-state index contributed by atoms with van der Waals surface area (Å²) < 4.78 is 1.09. The first kappa shape index (κ1) is 10.8. The summed E-state index contributed by atoms with van der Waals surface area (Å²) in [7, 11) is 0. The quantitative estimate of drug-likeness (QED) is 0.701. The van der Waals surface area contributed by atoms with Gasteiger partial charge in [0, 0.05) is 0 Å². The van der Waals surface area contributed by atoms with Gasteiger partial charge in [-0.05, 0) is 55.0 Å². The van der Waals surface area contributed by atoms with Crippen LogP contribution in [0.1, 0.15) is 27.7 Å². The van der Waals surface area contributed by atoms with Gasteiger partial charge in [0.15, 0.2) is 0 Å². The van der Waals surface area contributed by atoms with Gasteiger partial charge in [0.05, 0.1) is 3.39 Å². The zero-order valence-corrected chi connectivity index (χ0v) is 11.2. The predicted molar refractivity (Wildman–Crippen MR) is 61.5 cm³/mol. The van der Waals surface area contributed by atoms with E-state index in [0.29, 0.717) is 5.41 Å². The first-order valence-corrected chi connectivity index (χ1v) is 5.98. The molecular weight excluding hydrogens is 280 g/mol. The maximum absolute atomic E-state index is 3.42. The zero-order valence-electron chi connectivity index (χ0n) is 8.07. The van der Waals surface area contributed by atoms with Gasteiger partial charge in [0.1, 0.15) is 0 Å². The molecule has 1 aliphatic carbocycles. The monoisotopic (exact) mass is 294 g/mol. The van der Waals surface area contributed by atoms with Gasteiger partial charge in [-0.3, -0.25) is 0 Å². The molecule has 0 spiro atoms. The van der Waals surface area contributed by atoms with Crippen LogP contribution in [0.2, 0.25) is 0 Å². The molecule has 0 aromatic heterocycles. The van der Waals surface area contributed by atoms with Crippen molar-refractivity contribution in [2.45, 2.75) is 27.7 Å². The van der Waals surface area contributed by atoms with Crippen LogP contribution in [0.3, 0.4) is 0 Å². The molecule has 0 aromatic carbocycles. The fourth-order valence-corrected chi connectivity index (χ4v) is 3.02. The van der Waals surface area contributed by atoms with Crippen LogP contribution >= 0.6 is 31.9 Å². The second-order valence-corrected chi connectivity index (χ2v) is 7.35. The second kappa shape index (κ2) is 3.45. The van der Waals surface area contributed by atoms with Gasteiger partial charge in [-0.25, -0.2) is 0 Å². The topological polar surface area (TPSA) is 0 Å². The van der Waals surface area contributed by atoms with Crippen LogP contribution in [0.25, 0.3) is 0 Å². The Morgan fingerprint density at radius 3 is 2.08 bits per heavy atom. The summed E-state index contributed by atoms with van der Waals surface area (Å²) in [4.78, 5) is 0. The van der Waals surface area contributed by atoms with Crippen LogP contribution in [0.4, 0.5) is 0 Å². The highest BCUT2D eigenvalue weighted by molar-refractivity contribution is 9.28. The Labute approximate surface area is 92.1 Å². The van der Waals surface area contributed by atoms with Gasteiger partial charge in [0.25, 0.3) is 0 Å². The van der Waals surface area contributed by atoms with Crippen molar-refractivity contribution in [1.29, 1.82) is 0 Å². The zero-order chi connectivity index (χ0) is 9.52. The summed E-state index contributed by atoms with van der Waals surface area (Å²) in [5, 5.41) is 0. The third kappa shape index (κ3) is 1.95. The van der Waals surface area contributed by atoms with Gasteiger partial charge < -0.3 is 0 Å². The van der Waals surface area contributed by atoms with Gasteiger partial charge in [-0.2, -0.15) is 0 Å². The van der Waals surface area contributed by atoms with Crippen LogP contribution < -0.4 is 0 Å². The Morgan fingerprint density at radius 1 is 1.33 bits per heavy atom. The molecule has 0 bridgehead atoms. The van der Waals surface area contributed by atoms with E-state index < -0.39 is 0 Å². The van der Waals surface area contributed by atoms with E-state index in [0.717, 1.165) is 21.1 Å². The number of rotatable bonds is 2. The van der Waals surface area contributed by atoms with Gasteiger partial charge in [-0.1, -0.05) is 33.8 Å². The lowest BCUT2D eigenvalue weighted by Gasteiger charge is -2.04. The van der Waals surface area contributed by atoms with Crippen molar-refractivity contribution in [3.63, 3.8) is 0 Å². The SMILES string of the molecule is CC(C)C1C(C=C(Br)Br)C1(C)C. The Kier molecular flexibility index (Phi) is 3.10. The molecule has 2 heteroatoms. The van der Waals surface area contributed by atoms with E-state index in [1.807, 2.05) is 0 Å². The molecule has 0 N–H and O–H groups in total. The average molecular weight is 296 g/mol. The lowest BCUT2D eigenvalue weighted by molar-refractivity contribution is 0.451. The van der Waals surface area contributed by atoms with E-state index in [9.17, 15) is 0 Å². The molecule has 0 radical (unpaired) electrons. The molecule has 1 rings (SSSR count). The standard InChI is InChI=1S/C10H16Br2/c1-6(2)9-7(5-8(11)12)10(9,3)4/h5-7,9H,1-4H3. The summed E-state index contributed by atoms with van der Waals surface area (Å²) in [6.45, 7) is 9.31. The van der Waals surface area contributed by atoms with E-state index in [2.05, 4.69) is 65.6 Å². The molecule has 2 atom stereocenters. The van der Waals surface area contributed by atoms with E-state index in [1.54, 1.807) is 0 Å². The molecule has 1 saturated carbocycles. The fraction of sp³-hybridized carbons (Fsp3) is 0.800. The normalized spacial score (nSPS) is 31.9. The molecule has 0 amide bonds. The number of hydrogen-bond acceptors (Lipinski definition) is 0. The largest absolute Gasteiger partial charge is 0.0625 e. The third-order valence-electron chi connectivity index (χ3n) is 3.02. The van der Waals surface area contributed by atoms with Gasteiger partial charge in [-0.15, -0.1) is 0 Å². The molecule has 0 aliphatic heterocycles. The fourth-order valence-electron chi connectivity index (χ4n) is 2.45. The van der Waals surface area contributed by atoms with E-state index in [4.69, 9.17) is 0 Å². The molecule has 1 fully saturated rings. The summed E-state index contributed by atoms with van der Waals surface area (Å²) in [5.41, 5.74) is 0.501. The van der Waals surface area contributed by atoms with Crippen LogP contribution in [0.15, 0.2) is 9.47 Å². The molecule has 0 heterocycles. The van der Waals surface area contributed by atoms with Gasteiger partial charge in [0.2, 0.25) is 0 Å².